The van der Waals surface area contributed by atoms with Gasteiger partial charge in [-0.2, -0.15) is 0 Å². The van der Waals surface area contributed by atoms with Crippen LogP contribution in [0.5, 0.6) is 5.75 Å². The summed E-state index contributed by atoms with van der Waals surface area (Å²) in [6, 6.07) is 7.67. The quantitative estimate of drug-likeness (QED) is 0.817. The van der Waals surface area contributed by atoms with Crippen LogP contribution in [0.15, 0.2) is 18.2 Å². The van der Waals surface area contributed by atoms with Crippen molar-refractivity contribution in [1.29, 1.82) is 0 Å². The van der Waals surface area contributed by atoms with Gasteiger partial charge in [0.25, 0.3) is 0 Å². The molecule has 1 aromatic carbocycles. The first-order valence-corrected chi connectivity index (χ1v) is 8.01. The van der Waals surface area contributed by atoms with Gasteiger partial charge < -0.3 is 14.8 Å². The molecule has 0 bridgehead atoms. The summed E-state index contributed by atoms with van der Waals surface area (Å²) >= 11 is 0. The Balaban J connectivity index is 1.69. The van der Waals surface area contributed by atoms with E-state index >= 15 is 0 Å². The molecule has 0 amide bonds. The molecule has 2 aliphatic rings. The molecule has 0 aliphatic carbocycles. The van der Waals surface area contributed by atoms with Gasteiger partial charge in [-0.3, -0.25) is 4.90 Å². The van der Waals surface area contributed by atoms with E-state index in [4.69, 9.17) is 9.47 Å². The molecule has 116 valence electrons. The Bertz CT molecular complexity index is 478. The van der Waals surface area contributed by atoms with Crippen LogP contribution in [0, 0.1) is 6.92 Å². The van der Waals surface area contributed by atoms with Crippen LogP contribution in [0.4, 0.5) is 5.69 Å². The average Bonchev–Trinajstić information content (AvgIpc) is 3.06. The predicted octanol–water partition coefficient (Wildman–Crippen LogP) is 2.67. The van der Waals surface area contributed by atoms with E-state index in [0.29, 0.717) is 25.3 Å². The van der Waals surface area contributed by atoms with Crippen LogP contribution >= 0.6 is 0 Å². The van der Waals surface area contributed by atoms with E-state index in [9.17, 15) is 0 Å². The normalized spacial score (nSPS) is 25.0. The van der Waals surface area contributed by atoms with Gasteiger partial charge in [0.05, 0.1) is 12.3 Å². The minimum Gasteiger partial charge on any atom is -0.489 e. The smallest absolute Gasteiger partial charge is 0.142 e. The number of benzene rings is 1. The van der Waals surface area contributed by atoms with E-state index in [1.54, 1.807) is 7.11 Å². The highest BCUT2D eigenvalue weighted by Gasteiger charge is 2.37. The maximum atomic E-state index is 5.88. The molecule has 2 fully saturated rings. The van der Waals surface area contributed by atoms with E-state index in [2.05, 4.69) is 35.3 Å². The Morgan fingerprint density at radius 3 is 3.00 bits per heavy atom. The first-order chi connectivity index (χ1) is 10.3. The van der Waals surface area contributed by atoms with Crippen LogP contribution in [-0.4, -0.2) is 50.4 Å². The van der Waals surface area contributed by atoms with Crippen molar-refractivity contribution in [2.24, 2.45) is 0 Å². The zero-order valence-corrected chi connectivity index (χ0v) is 13.1. The van der Waals surface area contributed by atoms with Gasteiger partial charge >= 0.3 is 0 Å². The van der Waals surface area contributed by atoms with Crippen LogP contribution in [0.2, 0.25) is 0 Å². The lowest BCUT2D eigenvalue weighted by Crippen LogP contribution is -2.33. The lowest BCUT2D eigenvalue weighted by atomic mass is 10.1. The molecule has 21 heavy (non-hydrogen) atoms. The number of hydrogen-bond acceptors (Lipinski definition) is 4. The van der Waals surface area contributed by atoms with Gasteiger partial charge in [0.15, 0.2) is 0 Å². The fraction of sp³-hybridized carbons (Fsp3) is 0.647. The molecule has 3 rings (SSSR count). The van der Waals surface area contributed by atoms with Crippen molar-refractivity contribution < 1.29 is 9.47 Å². The van der Waals surface area contributed by atoms with Crippen LogP contribution in [-0.2, 0) is 4.74 Å². The third-order valence-corrected chi connectivity index (χ3v) is 4.63. The van der Waals surface area contributed by atoms with Crippen LogP contribution in [0.1, 0.15) is 24.8 Å². The SMILES string of the molecule is COCCOc1cc(C)ccc1NC1CCN2CCCC12. The Kier molecular flexibility index (Phi) is 4.66. The molecule has 2 aliphatic heterocycles. The molecule has 0 radical (unpaired) electrons. The molecule has 2 unspecified atom stereocenters. The summed E-state index contributed by atoms with van der Waals surface area (Å²) in [5.74, 6) is 0.948. The summed E-state index contributed by atoms with van der Waals surface area (Å²) in [7, 11) is 1.70. The summed E-state index contributed by atoms with van der Waals surface area (Å²) in [5.41, 5.74) is 2.34. The first-order valence-electron chi connectivity index (χ1n) is 8.01. The number of anilines is 1. The van der Waals surface area contributed by atoms with E-state index < -0.39 is 0 Å². The number of aryl methyl sites for hydroxylation is 1. The second kappa shape index (κ2) is 6.67. The fourth-order valence-corrected chi connectivity index (χ4v) is 3.55. The maximum Gasteiger partial charge on any atom is 0.142 e. The highest BCUT2D eigenvalue weighted by Crippen LogP contribution is 2.33. The summed E-state index contributed by atoms with van der Waals surface area (Å²) in [6.07, 6.45) is 3.90. The zero-order valence-electron chi connectivity index (χ0n) is 13.1. The van der Waals surface area contributed by atoms with E-state index in [0.717, 1.165) is 11.4 Å². The molecule has 0 saturated carbocycles. The third-order valence-electron chi connectivity index (χ3n) is 4.63. The summed E-state index contributed by atoms with van der Waals surface area (Å²) in [4.78, 5) is 2.62. The molecule has 0 aromatic heterocycles. The lowest BCUT2D eigenvalue weighted by molar-refractivity contribution is 0.146. The maximum absolute atomic E-state index is 5.88. The minimum absolute atomic E-state index is 0.556. The Labute approximate surface area is 127 Å². The second-order valence-electron chi connectivity index (χ2n) is 6.13. The number of nitrogens with zero attached hydrogens (tertiary/aromatic N) is 1. The first kappa shape index (κ1) is 14.7. The van der Waals surface area contributed by atoms with E-state index in [-0.39, 0.29) is 0 Å². The Morgan fingerprint density at radius 2 is 2.14 bits per heavy atom. The summed E-state index contributed by atoms with van der Waals surface area (Å²) in [6.45, 7) is 5.81. The number of methoxy groups -OCH3 is 1. The number of rotatable bonds is 6. The molecule has 2 atom stereocenters. The lowest BCUT2D eigenvalue weighted by Gasteiger charge is -2.23. The number of nitrogens with one attached hydrogen (secondary N) is 1. The number of fused-ring (bicyclic) bond motifs is 1. The monoisotopic (exact) mass is 290 g/mol. The average molecular weight is 290 g/mol. The van der Waals surface area contributed by atoms with Crippen LogP contribution in [0.25, 0.3) is 0 Å². The van der Waals surface area contributed by atoms with Crippen molar-refractivity contribution in [2.45, 2.75) is 38.3 Å². The predicted molar refractivity (Wildman–Crippen MR) is 85.2 cm³/mol. The molecule has 0 spiro atoms. The third kappa shape index (κ3) is 3.33. The van der Waals surface area contributed by atoms with Crippen molar-refractivity contribution in [1.82, 2.24) is 4.90 Å². The van der Waals surface area contributed by atoms with E-state index in [1.807, 2.05) is 0 Å². The van der Waals surface area contributed by atoms with Gasteiger partial charge in [-0.05, 0) is 50.4 Å². The fourth-order valence-electron chi connectivity index (χ4n) is 3.55. The largest absolute Gasteiger partial charge is 0.489 e. The molecule has 4 nitrogen and oxygen atoms in total. The molecular weight excluding hydrogens is 264 g/mol. The van der Waals surface area contributed by atoms with Gasteiger partial charge in [0.2, 0.25) is 0 Å². The second-order valence-corrected chi connectivity index (χ2v) is 6.13. The molecule has 4 heteroatoms. The van der Waals surface area contributed by atoms with Crippen molar-refractivity contribution in [3.63, 3.8) is 0 Å². The summed E-state index contributed by atoms with van der Waals surface area (Å²) in [5, 5.41) is 3.73. The van der Waals surface area contributed by atoms with Gasteiger partial charge in [0.1, 0.15) is 12.4 Å². The number of hydrogen-bond donors (Lipinski definition) is 1. The van der Waals surface area contributed by atoms with Crippen molar-refractivity contribution in [2.75, 3.05) is 38.7 Å². The van der Waals surface area contributed by atoms with Crippen molar-refractivity contribution in [3.8, 4) is 5.75 Å². The van der Waals surface area contributed by atoms with Gasteiger partial charge in [-0.25, -0.2) is 0 Å². The zero-order chi connectivity index (χ0) is 14.7. The topological polar surface area (TPSA) is 33.7 Å². The number of ether oxygens (including phenoxy) is 2. The van der Waals surface area contributed by atoms with Crippen LogP contribution in [0.3, 0.4) is 0 Å². The van der Waals surface area contributed by atoms with Gasteiger partial charge in [-0.1, -0.05) is 6.07 Å². The molecule has 2 saturated heterocycles. The highest BCUT2D eigenvalue weighted by molar-refractivity contribution is 5.58. The molecule has 1 aromatic rings. The minimum atomic E-state index is 0.556. The standard InChI is InChI=1S/C17H26N2O2/c1-13-5-6-15(17(12-13)21-11-10-20-2)18-14-7-9-19-8-3-4-16(14)19/h5-6,12,14,16,18H,3-4,7-11H2,1-2H3. The Hall–Kier alpha value is -1.26. The highest BCUT2D eigenvalue weighted by atomic mass is 16.5. The van der Waals surface area contributed by atoms with Gasteiger partial charge in [0, 0.05) is 25.7 Å². The van der Waals surface area contributed by atoms with Crippen LogP contribution < -0.4 is 10.1 Å². The van der Waals surface area contributed by atoms with E-state index in [1.165, 1.54) is 37.9 Å². The molecule has 1 N–H and O–H groups in total. The molecule has 2 heterocycles. The Morgan fingerprint density at radius 1 is 1.24 bits per heavy atom. The van der Waals surface area contributed by atoms with Crippen molar-refractivity contribution in [3.05, 3.63) is 23.8 Å². The van der Waals surface area contributed by atoms with Crippen molar-refractivity contribution >= 4 is 5.69 Å². The molecular formula is C17H26N2O2. The van der Waals surface area contributed by atoms with Gasteiger partial charge in [-0.15, -0.1) is 0 Å². The summed E-state index contributed by atoms with van der Waals surface area (Å²) < 4.78 is 11.0.